The third-order valence-electron chi connectivity index (χ3n) is 5.41. The number of hydrogen-bond acceptors (Lipinski definition) is 6. The van der Waals surface area contributed by atoms with E-state index in [0.717, 1.165) is 44.7 Å². The van der Waals surface area contributed by atoms with E-state index in [1.54, 1.807) is 17.3 Å². The lowest BCUT2D eigenvalue weighted by atomic mass is 9.94. The normalized spacial score (nSPS) is 21.1. The number of piperidine rings is 2. The lowest BCUT2D eigenvalue weighted by Crippen LogP contribution is -2.46. The third-order valence-corrected chi connectivity index (χ3v) is 5.41. The van der Waals surface area contributed by atoms with E-state index in [4.69, 9.17) is 4.74 Å². The molecule has 1 aromatic heterocycles. The molecule has 2 aliphatic rings. The molecule has 2 fully saturated rings. The number of ether oxygens (including phenoxy) is 1. The maximum atomic E-state index is 12.5. The summed E-state index contributed by atoms with van der Waals surface area (Å²) >= 11 is 0. The largest absolute Gasteiger partial charge is 0.375 e. The Labute approximate surface area is 160 Å². The molecule has 0 spiro atoms. The zero-order valence-corrected chi connectivity index (χ0v) is 16.0. The highest BCUT2D eigenvalue weighted by atomic mass is 16.5. The van der Waals surface area contributed by atoms with Crippen LogP contribution < -0.4 is 10.2 Å². The number of likely N-dealkylation sites (tertiary alicyclic amines) is 1. The molecular formula is C19H29N5O3. The predicted molar refractivity (Wildman–Crippen MR) is 101 cm³/mol. The Balaban J connectivity index is 1.41. The molecule has 148 valence electrons. The van der Waals surface area contributed by atoms with Gasteiger partial charge in [0.1, 0.15) is 6.61 Å². The van der Waals surface area contributed by atoms with Crippen molar-refractivity contribution >= 4 is 17.8 Å². The topological polar surface area (TPSA) is 87.7 Å². The summed E-state index contributed by atoms with van der Waals surface area (Å²) in [4.78, 5) is 37.0. The molecule has 0 bridgehead atoms. The fourth-order valence-electron chi connectivity index (χ4n) is 3.86. The summed E-state index contributed by atoms with van der Waals surface area (Å²) in [7, 11) is 1.52. The van der Waals surface area contributed by atoms with Crippen molar-refractivity contribution in [2.24, 2.45) is 11.8 Å². The van der Waals surface area contributed by atoms with Gasteiger partial charge in [-0.1, -0.05) is 0 Å². The summed E-state index contributed by atoms with van der Waals surface area (Å²) in [6.45, 7) is 3.88. The number of carbonyl (C=O) groups excluding carboxylic acids is 2. The van der Waals surface area contributed by atoms with Gasteiger partial charge in [-0.15, -0.1) is 0 Å². The molecular weight excluding hydrogens is 346 g/mol. The van der Waals surface area contributed by atoms with Crippen molar-refractivity contribution in [3.05, 3.63) is 18.5 Å². The third kappa shape index (κ3) is 5.38. The van der Waals surface area contributed by atoms with Gasteiger partial charge in [0, 0.05) is 58.1 Å². The van der Waals surface area contributed by atoms with Crippen LogP contribution in [0.5, 0.6) is 0 Å². The van der Waals surface area contributed by atoms with Gasteiger partial charge in [-0.3, -0.25) is 9.59 Å². The van der Waals surface area contributed by atoms with Gasteiger partial charge in [0.15, 0.2) is 0 Å². The molecule has 1 N–H and O–H groups in total. The maximum absolute atomic E-state index is 12.5. The van der Waals surface area contributed by atoms with Crippen LogP contribution in [0.2, 0.25) is 0 Å². The monoisotopic (exact) mass is 375 g/mol. The standard InChI is InChI=1S/C19H29N5O3/c1-27-14-17(25)23-10-5-16(6-11-23)18(26)22-12-15-4-2-9-24(13-15)19-20-7-3-8-21-19/h3,7-8,15-16H,2,4-6,9-14H2,1H3,(H,22,26)/t15-/m0/s1. The molecule has 27 heavy (non-hydrogen) atoms. The van der Waals surface area contributed by atoms with Gasteiger partial charge in [-0.05, 0) is 37.7 Å². The minimum Gasteiger partial charge on any atom is -0.375 e. The number of amides is 2. The molecule has 2 amide bonds. The molecule has 0 unspecified atom stereocenters. The van der Waals surface area contributed by atoms with Gasteiger partial charge in [0.25, 0.3) is 0 Å². The smallest absolute Gasteiger partial charge is 0.248 e. The van der Waals surface area contributed by atoms with E-state index in [1.807, 2.05) is 6.07 Å². The Hall–Kier alpha value is -2.22. The van der Waals surface area contributed by atoms with Crippen molar-refractivity contribution in [1.29, 1.82) is 0 Å². The molecule has 8 nitrogen and oxygen atoms in total. The fraction of sp³-hybridized carbons (Fsp3) is 0.684. The van der Waals surface area contributed by atoms with Gasteiger partial charge < -0.3 is 19.9 Å². The van der Waals surface area contributed by atoms with Crippen molar-refractivity contribution in [1.82, 2.24) is 20.2 Å². The summed E-state index contributed by atoms with van der Waals surface area (Å²) in [5, 5.41) is 3.13. The molecule has 0 saturated carbocycles. The van der Waals surface area contributed by atoms with Crippen LogP contribution in [-0.4, -0.2) is 73.1 Å². The molecule has 3 rings (SSSR count). The van der Waals surface area contributed by atoms with Crippen LogP contribution in [0.25, 0.3) is 0 Å². The number of nitrogens with one attached hydrogen (secondary N) is 1. The van der Waals surface area contributed by atoms with E-state index in [2.05, 4.69) is 20.2 Å². The molecule has 3 heterocycles. The van der Waals surface area contributed by atoms with Gasteiger partial charge in [-0.25, -0.2) is 9.97 Å². The first-order valence-electron chi connectivity index (χ1n) is 9.73. The lowest BCUT2D eigenvalue weighted by Gasteiger charge is -2.34. The van der Waals surface area contributed by atoms with Crippen LogP contribution in [0.3, 0.4) is 0 Å². The minimum atomic E-state index is -0.00579. The van der Waals surface area contributed by atoms with Crippen LogP contribution in [0, 0.1) is 11.8 Å². The lowest BCUT2D eigenvalue weighted by molar-refractivity contribution is -0.138. The summed E-state index contributed by atoms with van der Waals surface area (Å²) < 4.78 is 4.89. The number of nitrogens with zero attached hydrogens (tertiary/aromatic N) is 4. The van der Waals surface area contributed by atoms with Crippen LogP contribution in [-0.2, 0) is 14.3 Å². The van der Waals surface area contributed by atoms with Gasteiger partial charge in [0.05, 0.1) is 0 Å². The Morgan fingerprint density at radius 2 is 1.93 bits per heavy atom. The second-order valence-corrected chi connectivity index (χ2v) is 7.34. The molecule has 2 aliphatic heterocycles. The van der Waals surface area contributed by atoms with Crippen LogP contribution in [0.1, 0.15) is 25.7 Å². The summed E-state index contributed by atoms with van der Waals surface area (Å²) in [6.07, 6.45) is 7.15. The number of anilines is 1. The van der Waals surface area contributed by atoms with Gasteiger partial charge in [-0.2, -0.15) is 0 Å². The SMILES string of the molecule is COCC(=O)N1CCC(C(=O)NC[C@@H]2CCCN(c3ncccn3)C2)CC1. The van der Waals surface area contributed by atoms with Gasteiger partial charge >= 0.3 is 0 Å². The summed E-state index contributed by atoms with van der Waals surface area (Å²) in [6, 6.07) is 1.82. The van der Waals surface area contributed by atoms with E-state index in [9.17, 15) is 9.59 Å². The Kier molecular flexibility index (Phi) is 6.98. The second-order valence-electron chi connectivity index (χ2n) is 7.34. The quantitative estimate of drug-likeness (QED) is 0.787. The minimum absolute atomic E-state index is 0.00165. The number of aromatic nitrogens is 2. The maximum Gasteiger partial charge on any atom is 0.248 e. The van der Waals surface area contributed by atoms with E-state index in [0.29, 0.717) is 25.6 Å². The Morgan fingerprint density at radius 3 is 2.63 bits per heavy atom. The van der Waals surface area contributed by atoms with E-state index in [-0.39, 0.29) is 24.3 Å². The van der Waals surface area contributed by atoms with Crippen molar-refractivity contribution in [3.63, 3.8) is 0 Å². The first-order valence-corrected chi connectivity index (χ1v) is 9.73. The molecule has 0 radical (unpaired) electrons. The second kappa shape index (κ2) is 9.64. The Bertz CT molecular complexity index is 619. The average molecular weight is 375 g/mol. The summed E-state index contributed by atoms with van der Waals surface area (Å²) in [5.74, 6) is 1.29. The number of methoxy groups -OCH3 is 1. The molecule has 1 aromatic rings. The molecule has 0 aromatic carbocycles. The molecule has 2 saturated heterocycles. The van der Waals surface area contributed by atoms with Crippen molar-refractivity contribution in [3.8, 4) is 0 Å². The number of carbonyl (C=O) groups is 2. The highest BCUT2D eigenvalue weighted by molar-refractivity contribution is 5.80. The van der Waals surface area contributed by atoms with Crippen molar-refractivity contribution in [2.45, 2.75) is 25.7 Å². The Morgan fingerprint density at radius 1 is 1.19 bits per heavy atom. The average Bonchev–Trinajstić information content (AvgIpc) is 2.73. The first-order chi connectivity index (χ1) is 13.2. The van der Waals surface area contributed by atoms with Crippen LogP contribution in [0.4, 0.5) is 5.95 Å². The van der Waals surface area contributed by atoms with E-state index in [1.165, 1.54) is 7.11 Å². The molecule has 1 atom stereocenters. The fourth-order valence-corrected chi connectivity index (χ4v) is 3.86. The highest BCUT2D eigenvalue weighted by Gasteiger charge is 2.28. The number of rotatable bonds is 6. The van der Waals surface area contributed by atoms with Crippen molar-refractivity contribution < 1.29 is 14.3 Å². The predicted octanol–water partition coefficient (Wildman–Crippen LogP) is 0.694. The molecule has 8 heteroatoms. The van der Waals surface area contributed by atoms with Crippen LogP contribution >= 0.6 is 0 Å². The number of hydrogen-bond donors (Lipinski definition) is 1. The highest BCUT2D eigenvalue weighted by Crippen LogP contribution is 2.21. The first kappa shape index (κ1) is 19.5. The summed E-state index contributed by atoms with van der Waals surface area (Å²) in [5.41, 5.74) is 0. The zero-order chi connectivity index (χ0) is 19.1. The van der Waals surface area contributed by atoms with Crippen molar-refractivity contribution in [2.75, 3.05) is 51.3 Å². The zero-order valence-electron chi connectivity index (χ0n) is 16.0. The van der Waals surface area contributed by atoms with E-state index < -0.39 is 0 Å². The van der Waals surface area contributed by atoms with E-state index >= 15 is 0 Å². The molecule has 0 aliphatic carbocycles. The van der Waals surface area contributed by atoms with Crippen LogP contribution in [0.15, 0.2) is 18.5 Å². The van der Waals surface area contributed by atoms with Gasteiger partial charge in [0.2, 0.25) is 17.8 Å².